The Kier molecular flexibility index (Phi) is 4.44. The third kappa shape index (κ3) is 2.91. The number of fused-ring (bicyclic) bond motifs is 1. The molecule has 0 saturated carbocycles. The summed E-state index contributed by atoms with van der Waals surface area (Å²) in [5.74, 6) is 0. The van der Waals surface area contributed by atoms with Gasteiger partial charge >= 0.3 is 0 Å². The normalized spacial score (nSPS) is 15.4. The van der Waals surface area contributed by atoms with Crippen molar-refractivity contribution in [2.75, 3.05) is 31.2 Å². The molecule has 1 aliphatic heterocycles. The highest BCUT2D eigenvalue weighted by Gasteiger charge is 2.27. The maximum absolute atomic E-state index is 13.4. The van der Waals surface area contributed by atoms with Crippen LogP contribution in [0.4, 0.5) is 5.69 Å². The van der Waals surface area contributed by atoms with Crippen LogP contribution in [-0.2, 0) is 14.8 Å². The molecule has 7 heteroatoms. The van der Waals surface area contributed by atoms with Gasteiger partial charge in [-0.2, -0.15) is 0 Å². The zero-order chi connectivity index (χ0) is 19.2. The molecule has 6 nitrogen and oxygen atoms in total. The predicted octanol–water partition coefficient (Wildman–Crippen LogP) is 3.04. The van der Waals surface area contributed by atoms with E-state index in [-0.39, 0.29) is 4.90 Å². The molecule has 4 rings (SSSR count). The van der Waals surface area contributed by atoms with Gasteiger partial charge in [-0.1, -0.05) is 17.7 Å². The first-order valence-corrected chi connectivity index (χ1v) is 10.5. The van der Waals surface area contributed by atoms with Gasteiger partial charge in [0.15, 0.2) is 5.65 Å². The van der Waals surface area contributed by atoms with Crippen LogP contribution in [0.25, 0.3) is 11.0 Å². The van der Waals surface area contributed by atoms with Crippen LogP contribution >= 0.6 is 0 Å². The molecule has 3 heterocycles. The van der Waals surface area contributed by atoms with E-state index in [1.807, 2.05) is 39.0 Å². The fourth-order valence-electron chi connectivity index (χ4n) is 3.62. The number of nitrogens with zero attached hydrogens (tertiary/aromatic N) is 3. The van der Waals surface area contributed by atoms with Crippen LogP contribution < -0.4 is 4.90 Å². The summed E-state index contributed by atoms with van der Waals surface area (Å²) in [5, 5.41) is 0.896. The molecule has 1 aliphatic rings. The molecule has 1 aromatic carbocycles. The maximum atomic E-state index is 13.4. The Balaban J connectivity index is 1.94. The fourth-order valence-corrected chi connectivity index (χ4v) is 5.18. The molecule has 0 spiro atoms. The molecule has 1 fully saturated rings. The van der Waals surface area contributed by atoms with Gasteiger partial charge in [-0.15, -0.1) is 0 Å². The summed E-state index contributed by atoms with van der Waals surface area (Å²) in [5.41, 5.74) is 4.15. The van der Waals surface area contributed by atoms with E-state index in [0.29, 0.717) is 24.6 Å². The van der Waals surface area contributed by atoms with E-state index >= 15 is 0 Å². The van der Waals surface area contributed by atoms with Crippen LogP contribution in [0.5, 0.6) is 0 Å². The first-order valence-electron chi connectivity index (χ1n) is 9.03. The van der Waals surface area contributed by atoms with Crippen LogP contribution in [0, 0.1) is 20.8 Å². The summed E-state index contributed by atoms with van der Waals surface area (Å²) >= 11 is 0. The standard InChI is InChI=1S/C20H23N3O3S/c1-14-4-6-17(7-5-14)27(24,25)23-16(3)15(2)19-18(8-9-21-20(19)23)22-10-12-26-13-11-22/h4-9H,10-13H2,1-3H3. The van der Waals surface area contributed by atoms with Gasteiger partial charge in [0, 0.05) is 36.1 Å². The van der Waals surface area contributed by atoms with E-state index in [1.165, 1.54) is 3.97 Å². The maximum Gasteiger partial charge on any atom is 0.269 e. The van der Waals surface area contributed by atoms with Gasteiger partial charge in [-0.05, 0) is 44.5 Å². The van der Waals surface area contributed by atoms with E-state index in [0.717, 1.165) is 35.3 Å². The number of aromatic nitrogens is 2. The molecule has 0 radical (unpaired) electrons. The van der Waals surface area contributed by atoms with Crippen molar-refractivity contribution in [2.24, 2.45) is 0 Å². The Hall–Kier alpha value is -2.38. The molecule has 0 atom stereocenters. The molecule has 0 aliphatic carbocycles. The SMILES string of the molecule is Cc1ccc(S(=O)(=O)n2c(C)c(C)c3c(N4CCOCC4)ccnc32)cc1. The highest BCUT2D eigenvalue weighted by atomic mass is 32.2. The summed E-state index contributed by atoms with van der Waals surface area (Å²) in [6.45, 7) is 8.65. The minimum atomic E-state index is -3.73. The van der Waals surface area contributed by atoms with Gasteiger partial charge in [0.2, 0.25) is 0 Å². The summed E-state index contributed by atoms with van der Waals surface area (Å²) in [6, 6.07) is 8.89. The number of rotatable bonds is 3. The Labute approximate surface area is 159 Å². The van der Waals surface area contributed by atoms with Crippen molar-refractivity contribution >= 4 is 26.7 Å². The minimum Gasteiger partial charge on any atom is -0.378 e. The second kappa shape index (κ2) is 6.65. The Morgan fingerprint density at radius 3 is 2.33 bits per heavy atom. The van der Waals surface area contributed by atoms with E-state index in [4.69, 9.17) is 4.74 Å². The molecule has 0 unspecified atom stereocenters. The van der Waals surface area contributed by atoms with Gasteiger partial charge in [0.05, 0.1) is 18.1 Å². The first-order chi connectivity index (χ1) is 12.9. The molecule has 2 aromatic heterocycles. The van der Waals surface area contributed by atoms with E-state index < -0.39 is 10.0 Å². The van der Waals surface area contributed by atoms with Gasteiger partial charge in [0.25, 0.3) is 10.0 Å². The zero-order valence-electron chi connectivity index (χ0n) is 15.8. The number of aryl methyl sites for hydroxylation is 2. The number of morpholine rings is 1. The summed E-state index contributed by atoms with van der Waals surface area (Å²) in [4.78, 5) is 6.96. The Bertz CT molecular complexity index is 1100. The summed E-state index contributed by atoms with van der Waals surface area (Å²) in [7, 11) is -3.73. The van der Waals surface area contributed by atoms with Crippen LogP contribution in [0.3, 0.4) is 0 Å². The summed E-state index contributed by atoms with van der Waals surface area (Å²) < 4.78 is 33.6. The third-order valence-electron chi connectivity index (χ3n) is 5.23. The molecular formula is C20H23N3O3S. The Morgan fingerprint density at radius 1 is 1.00 bits per heavy atom. The molecule has 1 saturated heterocycles. The van der Waals surface area contributed by atoms with Crippen LogP contribution in [0.2, 0.25) is 0 Å². The van der Waals surface area contributed by atoms with E-state index in [2.05, 4.69) is 9.88 Å². The molecule has 27 heavy (non-hydrogen) atoms. The fraction of sp³-hybridized carbons (Fsp3) is 0.350. The van der Waals surface area contributed by atoms with Crippen molar-refractivity contribution in [3.63, 3.8) is 0 Å². The molecule has 3 aromatic rings. The van der Waals surface area contributed by atoms with Crippen LogP contribution in [0.1, 0.15) is 16.8 Å². The topological polar surface area (TPSA) is 64.4 Å². The second-order valence-corrected chi connectivity index (χ2v) is 8.71. The van der Waals surface area contributed by atoms with Gasteiger partial charge in [0.1, 0.15) is 0 Å². The van der Waals surface area contributed by atoms with Crippen molar-refractivity contribution in [2.45, 2.75) is 25.7 Å². The highest BCUT2D eigenvalue weighted by molar-refractivity contribution is 7.90. The monoisotopic (exact) mass is 385 g/mol. The van der Waals surface area contributed by atoms with E-state index in [9.17, 15) is 8.42 Å². The van der Waals surface area contributed by atoms with Crippen LogP contribution in [-0.4, -0.2) is 43.7 Å². The quantitative estimate of drug-likeness (QED) is 0.693. The van der Waals surface area contributed by atoms with Crippen LogP contribution in [0.15, 0.2) is 41.4 Å². The Morgan fingerprint density at radius 2 is 1.67 bits per heavy atom. The van der Waals surface area contributed by atoms with Crippen molar-refractivity contribution in [1.29, 1.82) is 0 Å². The molecular weight excluding hydrogens is 362 g/mol. The number of anilines is 1. The van der Waals surface area contributed by atoms with Crippen molar-refractivity contribution in [1.82, 2.24) is 8.96 Å². The number of benzene rings is 1. The molecule has 0 N–H and O–H groups in total. The van der Waals surface area contributed by atoms with Gasteiger partial charge in [-0.3, -0.25) is 0 Å². The average Bonchev–Trinajstić information content (AvgIpc) is 2.94. The van der Waals surface area contributed by atoms with Gasteiger partial charge in [-0.25, -0.2) is 17.4 Å². The predicted molar refractivity (Wildman–Crippen MR) is 106 cm³/mol. The lowest BCUT2D eigenvalue weighted by Crippen LogP contribution is -2.36. The lowest BCUT2D eigenvalue weighted by molar-refractivity contribution is 0.123. The smallest absolute Gasteiger partial charge is 0.269 e. The number of hydrogen-bond donors (Lipinski definition) is 0. The van der Waals surface area contributed by atoms with Crippen molar-refractivity contribution in [3.05, 3.63) is 53.3 Å². The number of pyridine rings is 1. The van der Waals surface area contributed by atoms with Crippen molar-refractivity contribution < 1.29 is 13.2 Å². The lowest BCUT2D eigenvalue weighted by Gasteiger charge is -2.29. The average molecular weight is 385 g/mol. The first kappa shape index (κ1) is 18.0. The molecule has 142 valence electrons. The minimum absolute atomic E-state index is 0.270. The number of hydrogen-bond acceptors (Lipinski definition) is 5. The van der Waals surface area contributed by atoms with Gasteiger partial charge < -0.3 is 9.64 Å². The van der Waals surface area contributed by atoms with E-state index in [1.54, 1.807) is 18.3 Å². The molecule has 0 amide bonds. The lowest BCUT2D eigenvalue weighted by atomic mass is 10.1. The largest absolute Gasteiger partial charge is 0.378 e. The number of ether oxygens (including phenoxy) is 1. The zero-order valence-corrected chi connectivity index (χ0v) is 16.6. The second-order valence-electron chi connectivity index (χ2n) is 6.92. The third-order valence-corrected chi connectivity index (χ3v) is 7.03. The van der Waals surface area contributed by atoms with Crippen molar-refractivity contribution in [3.8, 4) is 0 Å². The summed E-state index contributed by atoms with van der Waals surface area (Å²) in [6.07, 6.45) is 1.69. The molecule has 0 bridgehead atoms. The highest BCUT2D eigenvalue weighted by Crippen LogP contribution is 2.35.